The lowest BCUT2D eigenvalue weighted by molar-refractivity contribution is -0.121. The Labute approximate surface area is 135 Å². The number of carbonyl (C=O) groups excluding carboxylic acids is 1. The van der Waals surface area contributed by atoms with Crippen LogP contribution in [0.1, 0.15) is 19.3 Å². The van der Waals surface area contributed by atoms with E-state index in [-0.39, 0.29) is 30.3 Å². The topological polar surface area (TPSA) is 84.2 Å². The molecule has 0 aliphatic carbocycles. The molecule has 6 nitrogen and oxygen atoms in total. The minimum absolute atomic E-state index is 0.0395. The van der Waals surface area contributed by atoms with Crippen molar-refractivity contribution in [1.82, 2.24) is 14.9 Å². The molecular weight excluding hydrogens is 326 g/mol. The molecule has 0 amide bonds. The minimum Gasteiger partial charge on any atom is -0.391 e. The fourth-order valence-electron chi connectivity index (χ4n) is 2.67. The van der Waals surface area contributed by atoms with Gasteiger partial charge in [0, 0.05) is 12.5 Å². The van der Waals surface area contributed by atoms with E-state index in [0.717, 1.165) is 24.3 Å². The molecule has 0 unspecified atom stereocenters. The molecule has 3 rings (SSSR count). The summed E-state index contributed by atoms with van der Waals surface area (Å²) in [5.41, 5.74) is 0.292. The molecule has 0 spiro atoms. The molecular formula is C14H16ClN3O3S. The molecule has 1 saturated heterocycles. The van der Waals surface area contributed by atoms with Crippen LogP contribution in [0.4, 0.5) is 0 Å². The summed E-state index contributed by atoms with van der Waals surface area (Å²) >= 11 is 7.05. The Morgan fingerprint density at radius 1 is 1.59 bits per heavy atom. The Bertz CT molecular complexity index is 757. The van der Waals surface area contributed by atoms with Gasteiger partial charge in [0.05, 0.1) is 28.8 Å². The molecule has 8 heteroatoms. The molecule has 0 saturated carbocycles. The van der Waals surface area contributed by atoms with Gasteiger partial charge < -0.3 is 10.4 Å². The lowest BCUT2D eigenvalue weighted by Gasteiger charge is -2.28. The van der Waals surface area contributed by atoms with Crippen molar-refractivity contribution in [3.8, 4) is 0 Å². The predicted molar refractivity (Wildman–Crippen MR) is 85.5 cm³/mol. The van der Waals surface area contributed by atoms with E-state index in [2.05, 4.69) is 10.3 Å². The number of aliphatic hydroxyl groups is 1. The van der Waals surface area contributed by atoms with Crippen molar-refractivity contribution in [1.29, 1.82) is 0 Å². The number of nitrogens with one attached hydrogen (secondary N) is 1. The van der Waals surface area contributed by atoms with Crippen molar-refractivity contribution in [3.63, 3.8) is 0 Å². The summed E-state index contributed by atoms with van der Waals surface area (Å²) in [4.78, 5) is 28.6. The molecule has 22 heavy (non-hydrogen) atoms. The van der Waals surface area contributed by atoms with Gasteiger partial charge in [-0.3, -0.25) is 14.2 Å². The summed E-state index contributed by atoms with van der Waals surface area (Å²) in [6.07, 6.45) is 2.68. The Morgan fingerprint density at radius 3 is 3.18 bits per heavy atom. The highest BCUT2D eigenvalue weighted by Gasteiger charge is 2.25. The number of halogens is 1. The van der Waals surface area contributed by atoms with Crippen LogP contribution in [0.5, 0.6) is 0 Å². The van der Waals surface area contributed by atoms with Crippen LogP contribution in [0, 0.1) is 0 Å². The van der Waals surface area contributed by atoms with Gasteiger partial charge in [-0.1, -0.05) is 11.6 Å². The van der Waals surface area contributed by atoms with Gasteiger partial charge in [0.2, 0.25) is 0 Å². The van der Waals surface area contributed by atoms with Gasteiger partial charge in [-0.2, -0.15) is 0 Å². The van der Waals surface area contributed by atoms with Crippen LogP contribution in [0.2, 0.25) is 4.34 Å². The maximum Gasteiger partial charge on any atom is 0.271 e. The Kier molecular flexibility index (Phi) is 4.58. The van der Waals surface area contributed by atoms with Crippen molar-refractivity contribution >= 4 is 38.9 Å². The molecule has 2 aromatic rings. The van der Waals surface area contributed by atoms with Crippen LogP contribution in [0.3, 0.4) is 0 Å². The van der Waals surface area contributed by atoms with Crippen molar-refractivity contribution in [3.05, 3.63) is 27.1 Å². The van der Waals surface area contributed by atoms with Gasteiger partial charge in [-0.05, 0) is 25.5 Å². The number of fused-ring (bicyclic) bond motifs is 1. The second-order valence-corrected chi connectivity index (χ2v) is 7.14. The minimum atomic E-state index is -0.508. The van der Waals surface area contributed by atoms with Crippen LogP contribution < -0.4 is 10.9 Å². The van der Waals surface area contributed by atoms with Crippen LogP contribution in [0.15, 0.2) is 17.2 Å². The number of nitrogens with zero attached hydrogens (tertiary/aromatic N) is 2. The molecule has 2 atom stereocenters. The first-order valence-electron chi connectivity index (χ1n) is 7.12. The number of thiophene rings is 1. The van der Waals surface area contributed by atoms with Gasteiger partial charge >= 0.3 is 0 Å². The zero-order chi connectivity index (χ0) is 15.7. The highest BCUT2D eigenvalue weighted by molar-refractivity contribution is 7.22. The molecule has 1 aliphatic rings. The zero-order valence-corrected chi connectivity index (χ0v) is 13.4. The van der Waals surface area contributed by atoms with E-state index in [1.807, 2.05) is 0 Å². The molecule has 3 heterocycles. The van der Waals surface area contributed by atoms with Gasteiger partial charge in [0.15, 0.2) is 5.78 Å². The Hall–Kier alpha value is -1.28. The number of Topliss-reactive ketones (excluding diaryl/α,β-unsaturated/α-hetero) is 1. The monoisotopic (exact) mass is 341 g/mol. The molecule has 1 fully saturated rings. The van der Waals surface area contributed by atoms with E-state index in [0.29, 0.717) is 21.0 Å². The number of hydrogen-bond acceptors (Lipinski definition) is 6. The largest absolute Gasteiger partial charge is 0.391 e. The van der Waals surface area contributed by atoms with Gasteiger partial charge in [0.25, 0.3) is 5.56 Å². The van der Waals surface area contributed by atoms with Crippen molar-refractivity contribution in [2.45, 2.75) is 38.0 Å². The van der Waals surface area contributed by atoms with Crippen molar-refractivity contribution < 1.29 is 9.90 Å². The van der Waals surface area contributed by atoms with E-state index in [9.17, 15) is 14.7 Å². The molecule has 1 aliphatic heterocycles. The smallest absolute Gasteiger partial charge is 0.271 e. The maximum atomic E-state index is 12.3. The quantitative estimate of drug-likeness (QED) is 0.872. The number of piperidine rings is 1. The van der Waals surface area contributed by atoms with E-state index in [1.165, 1.54) is 10.9 Å². The number of hydrogen-bond donors (Lipinski definition) is 2. The zero-order valence-electron chi connectivity index (χ0n) is 11.8. The SMILES string of the molecule is O=C(C[C@H]1NCCC[C@@H]1O)Cn1cnc2cc(Cl)sc2c1=O. The maximum absolute atomic E-state index is 12.3. The number of carbonyl (C=O) groups is 1. The average Bonchev–Trinajstić information content (AvgIpc) is 2.86. The average molecular weight is 342 g/mol. The third-order valence-electron chi connectivity index (χ3n) is 3.82. The Morgan fingerprint density at radius 2 is 2.41 bits per heavy atom. The first kappa shape index (κ1) is 15.6. The highest BCUT2D eigenvalue weighted by Crippen LogP contribution is 2.24. The lowest BCUT2D eigenvalue weighted by atomic mass is 9.97. The number of aromatic nitrogens is 2. The van der Waals surface area contributed by atoms with Crippen LogP contribution in [-0.2, 0) is 11.3 Å². The number of aliphatic hydroxyl groups excluding tert-OH is 1. The molecule has 0 aromatic carbocycles. The first-order valence-corrected chi connectivity index (χ1v) is 8.31. The van der Waals surface area contributed by atoms with Crippen LogP contribution >= 0.6 is 22.9 Å². The summed E-state index contributed by atoms with van der Waals surface area (Å²) in [7, 11) is 0. The van der Waals surface area contributed by atoms with Gasteiger partial charge in [-0.25, -0.2) is 4.98 Å². The molecule has 0 radical (unpaired) electrons. The van der Waals surface area contributed by atoms with Crippen molar-refractivity contribution in [2.24, 2.45) is 0 Å². The van der Waals surface area contributed by atoms with Crippen LogP contribution in [-0.4, -0.2) is 39.1 Å². The molecule has 2 N–H and O–H groups in total. The normalized spacial score (nSPS) is 22.1. The van der Waals surface area contributed by atoms with Gasteiger partial charge in [0.1, 0.15) is 4.70 Å². The summed E-state index contributed by atoms with van der Waals surface area (Å²) in [5, 5.41) is 13.0. The fraction of sp³-hybridized carbons (Fsp3) is 0.500. The van der Waals surface area contributed by atoms with E-state index in [1.54, 1.807) is 6.07 Å². The van der Waals surface area contributed by atoms with E-state index in [4.69, 9.17) is 11.6 Å². The van der Waals surface area contributed by atoms with E-state index < -0.39 is 6.10 Å². The second kappa shape index (κ2) is 6.45. The number of ketones is 1. The highest BCUT2D eigenvalue weighted by atomic mass is 35.5. The molecule has 118 valence electrons. The third-order valence-corrected chi connectivity index (χ3v) is 5.06. The standard InChI is InChI=1S/C14H16ClN3O3S/c15-12-5-10-13(22-12)14(21)18(7-17-10)6-8(19)4-9-11(20)2-1-3-16-9/h5,7,9,11,16,20H,1-4,6H2/t9-,11+/m1/s1. The van der Waals surface area contributed by atoms with Crippen LogP contribution in [0.25, 0.3) is 10.2 Å². The third kappa shape index (κ3) is 3.22. The van der Waals surface area contributed by atoms with E-state index >= 15 is 0 Å². The predicted octanol–water partition coefficient (Wildman–Crippen LogP) is 1.18. The molecule has 2 aromatic heterocycles. The molecule has 0 bridgehead atoms. The number of rotatable bonds is 4. The summed E-state index contributed by atoms with van der Waals surface area (Å²) in [6, 6.07) is 1.40. The van der Waals surface area contributed by atoms with Crippen molar-refractivity contribution in [2.75, 3.05) is 6.54 Å². The summed E-state index contributed by atoms with van der Waals surface area (Å²) in [6.45, 7) is 0.762. The summed E-state index contributed by atoms with van der Waals surface area (Å²) < 4.78 is 2.25. The summed E-state index contributed by atoms with van der Waals surface area (Å²) in [5.74, 6) is -0.107. The van der Waals surface area contributed by atoms with Gasteiger partial charge in [-0.15, -0.1) is 11.3 Å². The Balaban J connectivity index is 1.73. The lowest BCUT2D eigenvalue weighted by Crippen LogP contribution is -2.46. The second-order valence-electron chi connectivity index (χ2n) is 5.46. The first-order chi connectivity index (χ1) is 10.5. The fourth-order valence-corrected chi connectivity index (χ4v) is 3.79.